The summed E-state index contributed by atoms with van der Waals surface area (Å²) in [5.74, 6) is -0.118. The molecule has 0 saturated heterocycles. The zero-order valence-electron chi connectivity index (χ0n) is 9.50. The van der Waals surface area contributed by atoms with E-state index in [-0.39, 0.29) is 23.9 Å². The molecule has 0 aromatic heterocycles. The number of oxime groups is 1. The van der Waals surface area contributed by atoms with Crippen molar-refractivity contribution in [3.63, 3.8) is 0 Å². The Labute approximate surface area is 99.0 Å². The molecule has 0 saturated carbocycles. The van der Waals surface area contributed by atoms with Crippen LogP contribution in [0.15, 0.2) is 29.4 Å². The van der Waals surface area contributed by atoms with Crippen LogP contribution < -0.4 is 5.73 Å². The van der Waals surface area contributed by atoms with Crippen LogP contribution in [-0.2, 0) is 0 Å². The molecule has 0 unspecified atom stereocenters. The molecule has 0 aliphatic carbocycles. The van der Waals surface area contributed by atoms with Gasteiger partial charge in [-0.3, -0.25) is 4.79 Å². The normalized spacial score (nSPS) is 11.2. The number of carbonyl (C=O) groups is 1. The first-order chi connectivity index (χ1) is 8.04. The van der Waals surface area contributed by atoms with Crippen LogP contribution in [0.1, 0.15) is 16.8 Å². The zero-order chi connectivity index (χ0) is 12.8. The Morgan fingerprint density at radius 2 is 2.24 bits per heavy atom. The lowest BCUT2D eigenvalue weighted by molar-refractivity contribution is 0.0798. The molecule has 0 bridgehead atoms. The van der Waals surface area contributed by atoms with E-state index < -0.39 is 0 Å². The molecular formula is C11H15N3O3. The molecule has 1 aromatic carbocycles. The number of amidine groups is 1. The van der Waals surface area contributed by atoms with Gasteiger partial charge in [0.15, 0.2) is 0 Å². The Morgan fingerprint density at radius 1 is 1.53 bits per heavy atom. The molecule has 0 atom stereocenters. The summed E-state index contributed by atoms with van der Waals surface area (Å²) >= 11 is 0. The number of benzene rings is 1. The third kappa shape index (κ3) is 3.67. The van der Waals surface area contributed by atoms with Gasteiger partial charge >= 0.3 is 0 Å². The molecular weight excluding hydrogens is 222 g/mol. The van der Waals surface area contributed by atoms with Gasteiger partial charge in [-0.05, 0) is 18.2 Å². The molecule has 0 heterocycles. The summed E-state index contributed by atoms with van der Waals surface area (Å²) in [7, 11) is 1.61. The van der Waals surface area contributed by atoms with Crippen LogP contribution in [0.25, 0.3) is 0 Å². The molecule has 0 spiro atoms. The standard InChI is InChI=1S/C11H15N3O3/c1-14(6-5-10(12)13-17)11(16)8-3-2-4-9(15)7-8/h2-4,7,15,17H,5-6H2,1H3,(H2,12,13). The number of rotatable bonds is 4. The van der Waals surface area contributed by atoms with E-state index in [1.165, 1.54) is 17.0 Å². The Kier molecular flexibility index (Phi) is 4.33. The van der Waals surface area contributed by atoms with Crippen molar-refractivity contribution in [3.8, 4) is 5.75 Å². The number of hydrogen-bond donors (Lipinski definition) is 3. The zero-order valence-corrected chi connectivity index (χ0v) is 9.50. The number of carbonyl (C=O) groups excluding carboxylic acids is 1. The average Bonchev–Trinajstić information content (AvgIpc) is 2.34. The van der Waals surface area contributed by atoms with Gasteiger partial charge in [0.2, 0.25) is 0 Å². The SMILES string of the molecule is CN(CC/C(N)=N/O)C(=O)c1cccc(O)c1. The molecule has 92 valence electrons. The van der Waals surface area contributed by atoms with Crippen LogP contribution in [0, 0.1) is 0 Å². The van der Waals surface area contributed by atoms with Gasteiger partial charge in [0.1, 0.15) is 11.6 Å². The van der Waals surface area contributed by atoms with Crippen molar-refractivity contribution in [3.05, 3.63) is 29.8 Å². The second kappa shape index (κ2) is 5.74. The summed E-state index contributed by atoms with van der Waals surface area (Å²) in [5.41, 5.74) is 5.70. The fourth-order valence-corrected chi connectivity index (χ4v) is 1.29. The van der Waals surface area contributed by atoms with Crippen molar-refractivity contribution in [2.45, 2.75) is 6.42 Å². The number of hydrogen-bond acceptors (Lipinski definition) is 4. The van der Waals surface area contributed by atoms with Gasteiger partial charge in [0, 0.05) is 25.6 Å². The first kappa shape index (κ1) is 12.8. The van der Waals surface area contributed by atoms with E-state index in [9.17, 15) is 9.90 Å². The van der Waals surface area contributed by atoms with Gasteiger partial charge in [-0.15, -0.1) is 0 Å². The summed E-state index contributed by atoms with van der Waals surface area (Å²) in [6.45, 7) is 0.338. The van der Waals surface area contributed by atoms with Gasteiger partial charge < -0.3 is 20.9 Å². The number of nitrogens with zero attached hydrogens (tertiary/aromatic N) is 2. The molecule has 0 aliphatic heterocycles. The fourth-order valence-electron chi connectivity index (χ4n) is 1.29. The minimum absolute atomic E-state index is 0.0423. The summed E-state index contributed by atoms with van der Waals surface area (Å²) < 4.78 is 0. The molecule has 6 heteroatoms. The fraction of sp³-hybridized carbons (Fsp3) is 0.273. The van der Waals surface area contributed by atoms with E-state index in [1.807, 2.05) is 0 Å². The maximum atomic E-state index is 11.9. The Morgan fingerprint density at radius 3 is 2.82 bits per heavy atom. The van der Waals surface area contributed by atoms with Crippen molar-refractivity contribution in [2.75, 3.05) is 13.6 Å². The van der Waals surface area contributed by atoms with E-state index in [0.717, 1.165) is 0 Å². The van der Waals surface area contributed by atoms with Crippen molar-refractivity contribution in [1.82, 2.24) is 4.90 Å². The number of phenolic OH excluding ortho intramolecular Hbond substituents is 1. The van der Waals surface area contributed by atoms with Crippen LogP contribution in [0.3, 0.4) is 0 Å². The van der Waals surface area contributed by atoms with Crippen LogP contribution in [0.2, 0.25) is 0 Å². The molecule has 0 radical (unpaired) electrons. The van der Waals surface area contributed by atoms with Crippen LogP contribution >= 0.6 is 0 Å². The Hall–Kier alpha value is -2.24. The van der Waals surface area contributed by atoms with Crippen LogP contribution in [0.4, 0.5) is 0 Å². The summed E-state index contributed by atoms with van der Waals surface area (Å²) in [5, 5.41) is 20.4. The minimum atomic E-state index is -0.230. The predicted molar refractivity (Wildman–Crippen MR) is 63.1 cm³/mol. The molecule has 1 rings (SSSR count). The molecule has 1 amide bonds. The Bertz CT molecular complexity index is 432. The lowest BCUT2D eigenvalue weighted by Crippen LogP contribution is -2.30. The van der Waals surface area contributed by atoms with E-state index >= 15 is 0 Å². The third-order valence-corrected chi connectivity index (χ3v) is 2.27. The second-order valence-corrected chi connectivity index (χ2v) is 3.62. The summed E-state index contributed by atoms with van der Waals surface area (Å²) in [4.78, 5) is 13.3. The van der Waals surface area contributed by atoms with Gasteiger partial charge in [-0.1, -0.05) is 11.2 Å². The molecule has 0 fully saturated rings. The topological polar surface area (TPSA) is 99.1 Å². The summed E-state index contributed by atoms with van der Waals surface area (Å²) in [6, 6.07) is 6.09. The Balaban J connectivity index is 2.64. The van der Waals surface area contributed by atoms with Crippen LogP contribution in [0.5, 0.6) is 5.75 Å². The maximum Gasteiger partial charge on any atom is 0.253 e. The second-order valence-electron chi connectivity index (χ2n) is 3.62. The monoisotopic (exact) mass is 237 g/mol. The molecule has 0 aliphatic rings. The molecule has 6 nitrogen and oxygen atoms in total. The highest BCUT2D eigenvalue weighted by Gasteiger charge is 2.12. The minimum Gasteiger partial charge on any atom is -0.508 e. The highest BCUT2D eigenvalue weighted by Crippen LogP contribution is 2.12. The number of nitrogens with two attached hydrogens (primary N) is 1. The smallest absolute Gasteiger partial charge is 0.253 e. The highest BCUT2D eigenvalue weighted by atomic mass is 16.4. The molecule has 4 N–H and O–H groups in total. The number of amides is 1. The van der Waals surface area contributed by atoms with Crippen LogP contribution in [-0.4, -0.2) is 40.5 Å². The van der Waals surface area contributed by atoms with Crippen molar-refractivity contribution < 1.29 is 15.1 Å². The maximum absolute atomic E-state index is 11.9. The quantitative estimate of drug-likeness (QED) is 0.309. The van der Waals surface area contributed by atoms with E-state index in [1.54, 1.807) is 19.2 Å². The van der Waals surface area contributed by atoms with Crippen molar-refractivity contribution in [2.24, 2.45) is 10.9 Å². The van der Waals surface area contributed by atoms with Gasteiger partial charge in [0.25, 0.3) is 5.91 Å². The van der Waals surface area contributed by atoms with Gasteiger partial charge in [0.05, 0.1) is 0 Å². The first-order valence-corrected chi connectivity index (χ1v) is 5.05. The first-order valence-electron chi connectivity index (χ1n) is 5.05. The number of aromatic hydroxyl groups is 1. The lowest BCUT2D eigenvalue weighted by Gasteiger charge is -2.16. The average molecular weight is 237 g/mol. The third-order valence-electron chi connectivity index (χ3n) is 2.27. The van der Waals surface area contributed by atoms with Gasteiger partial charge in [-0.2, -0.15) is 0 Å². The highest BCUT2D eigenvalue weighted by molar-refractivity contribution is 5.94. The van der Waals surface area contributed by atoms with Gasteiger partial charge in [-0.25, -0.2) is 0 Å². The molecule has 1 aromatic rings. The largest absolute Gasteiger partial charge is 0.508 e. The lowest BCUT2D eigenvalue weighted by atomic mass is 10.2. The van der Waals surface area contributed by atoms with Crippen molar-refractivity contribution in [1.29, 1.82) is 0 Å². The van der Waals surface area contributed by atoms with E-state index in [4.69, 9.17) is 10.9 Å². The summed E-state index contributed by atoms with van der Waals surface area (Å²) in [6.07, 6.45) is 0.289. The molecule has 17 heavy (non-hydrogen) atoms. The number of phenols is 1. The predicted octanol–water partition coefficient (Wildman–Crippen LogP) is 0.601. The van der Waals surface area contributed by atoms with E-state index in [0.29, 0.717) is 12.1 Å². The van der Waals surface area contributed by atoms with E-state index in [2.05, 4.69) is 5.16 Å². The van der Waals surface area contributed by atoms with Crippen molar-refractivity contribution >= 4 is 11.7 Å².